The van der Waals surface area contributed by atoms with Crippen molar-refractivity contribution in [2.75, 3.05) is 12.0 Å². The largest absolute Gasteiger partial charge is 0.243 e. The molecule has 1 unspecified atom stereocenters. The van der Waals surface area contributed by atoms with Crippen LogP contribution >= 0.6 is 0 Å². The first-order valence-electron chi connectivity index (χ1n) is 4.32. The van der Waals surface area contributed by atoms with Gasteiger partial charge in [0.05, 0.1) is 0 Å². The van der Waals surface area contributed by atoms with E-state index in [0.29, 0.717) is 5.75 Å². The van der Waals surface area contributed by atoms with E-state index in [0.717, 1.165) is 12.8 Å². The predicted molar refractivity (Wildman–Crippen MR) is 56.7 cm³/mol. The Bertz CT molecular complexity index is 301. The highest BCUT2D eigenvalue weighted by Crippen LogP contribution is 2.20. The van der Waals surface area contributed by atoms with E-state index in [1.165, 1.54) is 0 Å². The van der Waals surface area contributed by atoms with E-state index in [-0.39, 0.29) is 5.41 Å². The zero-order valence-electron chi connectivity index (χ0n) is 8.83. The van der Waals surface area contributed by atoms with Crippen LogP contribution in [0.5, 0.6) is 0 Å². The van der Waals surface area contributed by atoms with Crippen molar-refractivity contribution in [1.82, 2.24) is 0 Å². The molecule has 0 spiro atoms. The summed E-state index contributed by atoms with van der Waals surface area (Å²) in [5.41, 5.74) is 0.271. The standard InChI is InChI=1S/C9H18N2OS/c1-9(2,3)7-6-8-13(5,12)11-10-4/h6-8H2,1-3,5H3. The molecule has 0 rings (SSSR count). The molecule has 76 valence electrons. The fraction of sp³-hybridized carbons (Fsp3) is 0.889. The lowest BCUT2D eigenvalue weighted by molar-refractivity contribution is 0.374. The van der Waals surface area contributed by atoms with Crippen molar-refractivity contribution in [1.29, 1.82) is 0 Å². The van der Waals surface area contributed by atoms with Crippen LogP contribution in [0, 0.1) is 12.0 Å². The van der Waals surface area contributed by atoms with Crippen LogP contribution in [-0.2, 0) is 9.73 Å². The number of rotatable bonds is 3. The van der Waals surface area contributed by atoms with Gasteiger partial charge in [-0.1, -0.05) is 20.8 Å². The molecule has 0 aromatic rings. The van der Waals surface area contributed by atoms with Gasteiger partial charge in [0, 0.05) is 12.0 Å². The van der Waals surface area contributed by atoms with Crippen molar-refractivity contribution in [3.05, 3.63) is 11.5 Å². The lowest BCUT2D eigenvalue weighted by Gasteiger charge is -2.17. The van der Waals surface area contributed by atoms with Crippen LogP contribution in [-0.4, -0.2) is 16.2 Å². The molecule has 0 saturated carbocycles. The number of hydrogen-bond donors (Lipinski definition) is 0. The predicted octanol–water partition coefficient (Wildman–Crippen LogP) is 2.74. The summed E-state index contributed by atoms with van der Waals surface area (Å²) < 4.78 is 14.9. The van der Waals surface area contributed by atoms with Crippen molar-refractivity contribution < 1.29 is 4.21 Å². The van der Waals surface area contributed by atoms with Gasteiger partial charge in [0.25, 0.3) is 0 Å². The van der Waals surface area contributed by atoms with Crippen molar-refractivity contribution in [3.8, 4) is 0 Å². The second-order valence-corrected chi connectivity index (χ2v) is 7.00. The fourth-order valence-electron chi connectivity index (χ4n) is 0.997. The quantitative estimate of drug-likeness (QED) is 0.512. The summed E-state index contributed by atoms with van der Waals surface area (Å²) in [6.45, 7) is 12.9. The summed E-state index contributed by atoms with van der Waals surface area (Å²) in [6.07, 6.45) is 3.44. The summed E-state index contributed by atoms with van der Waals surface area (Å²) in [4.78, 5) is 2.82. The molecular formula is C9H18N2OS. The maximum atomic E-state index is 11.5. The molecule has 0 aliphatic rings. The molecule has 0 heterocycles. The molecule has 0 aliphatic carbocycles. The summed E-state index contributed by atoms with van der Waals surface area (Å²) >= 11 is 0. The molecule has 4 heteroatoms. The van der Waals surface area contributed by atoms with Gasteiger partial charge in [-0.25, -0.2) is 4.21 Å². The van der Waals surface area contributed by atoms with Gasteiger partial charge < -0.3 is 0 Å². The van der Waals surface area contributed by atoms with Crippen molar-refractivity contribution in [2.45, 2.75) is 33.6 Å². The van der Waals surface area contributed by atoms with Crippen LogP contribution in [0.4, 0.5) is 0 Å². The lowest BCUT2D eigenvalue weighted by Crippen LogP contribution is -2.09. The normalized spacial score (nSPS) is 15.9. The van der Waals surface area contributed by atoms with Crippen LogP contribution in [0.2, 0.25) is 0 Å². The van der Waals surface area contributed by atoms with E-state index in [1.54, 1.807) is 6.26 Å². The van der Waals surface area contributed by atoms with Gasteiger partial charge in [-0.05, 0) is 18.3 Å². The summed E-state index contributed by atoms with van der Waals surface area (Å²) in [6, 6.07) is 0. The Kier molecular flexibility index (Phi) is 4.41. The molecule has 0 N–H and O–H groups in total. The maximum absolute atomic E-state index is 11.5. The summed E-state index contributed by atoms with van der Waals surface area (Å²) in [7, 11) is -2.23. The summed E-state index contributed by atoms with van der Waals surface area (Å²) in [5.74, 6) is 0.534. The number of nitrogens with zero attached hydrogens (tertiary/aromatic N) is 2. The third-order valence-electron chi connectivity index (χ3n) is 1.66. The highest BCUT2D eigenvalue weighted by Gasteiger charge is 2.12. The lowest BCUT2D eigenvalue weighted by atomic mass is 9.91. The average molecular weight is 202 g/mol. The van der Waals surface area contributed by atoms with Crippen LogP contribution < -0.4 is 0 Å². The average Bonchev–Trinajstić information content (AvgIpc) is 1.82. The van der Waals surface area contributed by atoms with Gasteiger partial charge in [0.15, 0.2) is 0 Å². The van der Waals surface area contributed by atoms with Gasteiger partial charge in [-0.2, -0.15) is 6.57 Å². The zero-order chi connectivity index (χ0) is 10.5. The van der Waals surface area contributed by atoms with E-state index < -0.39 is 9.73 Å². The molecule has 0 saturated heterocycles. The van der Waals surface area contributed by atoms with Crippen LogP contribution in [0.25, 0.3) is 4.95 Å². The van der Waals surface area contributed by atoms with Crippen molar-refractivity contribution >= 4 is 9.73 Å². The second-order valence-electron chi connectivity index (χ2n) is 4.51. The van der Waals surface area contributed by atoms with Crippen LogP contribution in [0.15, 0.2) is 4.47 Å². The van der Waals surface area contributed by atoms with Gasteiger partial charge >= 0.3 is 0 Å². The van der Waals surface area contributed by atoms with E-state index in [1.807, 2.05) is 0 Å². The third-order valence-corrected chi connectivity index (χ3v) is 3.14. The minimum Gasteiger partial charge on any atom is -0.243 e. The van der Waals surface area contributed by atoms with Gasteiger partial charge in [0.1, 0.15) is 14.2 Å². The minimum atomic E-state index is -2.23. The van der Waals surface area contributed by atoms with Gasteiger partial charge in [-0.15, -0.1) is 4.95 Å². The first kappa shape index (κ1) is 12.4. The Morgan fingerprint density at radius 2 is 2.00 bits per heavy atom. The first-order chi connectivity index (χ1) is 5.77. The Morgan fingerprint density at radius 3 is 2.38 bits per heavy atom. The van der Waals surface area contributed by atoms with Gasteiger partial charge in [0.2, 0.25) is 0 Å². The Morgan fingerprint density at radius 1 is 1.46 bits per heavy atom. The molecule has 0 amide bonds. The Labute approximate surface area is 81.5 Å². The van der Waals surface area contributed by atoms with Crippen LogP contribution in [0.1, 0.15) is 33.6 Å². The van der Waals surface area contributed by atoms with E-state index in [4.69, 9.17) is 6.57 Å². The molecule has 0 fully saturated rings. The molecule has 13 heavy (non-hydrogen) atoms. The molecule has 0 radical (unpaired) electrons. The molecular weight excluding hydrogens is 184 g/mol. The molecule has 0 aromatic heterocycles. The highest BCUT2D eigenvalue weighted by atomic mass is 32.2. The van der Waals surface area contributed by atoms with Crippen molar-refractivity contribution in [3.63, 3.8) is 0 Å². The second kappa shape index (κ2) is 4.61. The Balaban J connectivity index is 4.01. The molecule has 1 atom stereocenters. The molecule has 0 bridgehead atoms. The fourth-order valence-corrected chi connectivity index (χ4v) is 1.93. The zero-order valence-corrected chi connectivity index (χ0v) is 9.65. The van der Waals surface area contributed by atoms with Crippen molar-refractivity contribution in [2.24, 2.45) is 9.89 Å². The van der Waals surface area contributed by atoms with Gasteiger partial charge in [-0.3, -0.25) is 0 Å². The summed E-state index contributed by atoms with van der Waals surface area (Å²) in [5, 5.41) is 0. The van der Waals surface area contributed by atoms with Crippen LogP contribution in [0.3, 0.4) is 0 Å². The van der Waals surface area contributed by atoms with E-state index in [2.05, 4.69) is 30.2 Å². The minimum absolute atomic E-state index is 0.271. The maximum Gasteiger partial charge on any atom is 0.143 e. The number of hydrogen-bond acceptors (Lipinski definition) is 2. The smallest absolute Gasteiger partial charge is 0.143 e. The molecule has 3 nitrogen and oxygen atoms in total. The first-order valence-corrected chi connectivity index (χ1v) is 6.42. The van der Waals surface area contributed by atoms with E-state index >= 15 is 0 Å². The third kappa shape index (κ3) is 7.79. The highest BCUT2D eigenvalue weighted by molar-refractivity contribution is 7.92. The monoisotopic (exact) mass is 202 g/mol. The topological polar surface area (TPSA) is 33.8 Å². The Hall–Kier alpha value is -0.560. The van der Waals surface area contributed by atoms with E-state index in [9.17, 15) is 4.21 Å². The molecule has 0 aliphatic heterocycles. The molecule has 0 aromatic carbocycles. The SMILES string of the molecule is [C-]#[N+]N=S(C)(=O)CCCC(C)(C)C.